The van der Waals surface area contributed by atoms with E-state index in [1.54, 1.807) is 12.4 Å². The zero-order valence-electron chi connectivity index (χ0n) is 15.6. The predicted octanol–water partition coefficient (Wildman–Crippen LogP) is 2.44. The van der Waals surface area contributed by atoms with Crippen LogP contribution in [0.3, 0.4) is 0 Å². The van der Waals surface area contributed by atoms with Crippen LogP contribution in [0.1, 0.15) is 6.42 Å². The fourth-order valence-electron chi connectivity index (χ4n) is 3.53. The summed E-state index contributed by atoms with van der Waals surface area (Å²) in [5.74, 6) is 0. The Morgan fingerprint density at radius 2 is 2.07 bits per heavy atom. The van der Waals surface area contributed by atoms with E-state index in [4.69, 9.17) is 0 Å². The first-order valence-electron chi connectivity index (χ1n) is 9.49. The highest BCUT2D eigenvalue weighted by Crippen LogP contribution is 2.27. The number of anilines is 2. The van der Waals surface area contributed by atoms with E-state index in [2.05, 4.69) is 30.5 Å². The van der Waals surface area contributed by atoms with Crippen molar-refractivity contribution < 1.29 is 4.55 Å². The zero-order chi connectivity index (χ0) is 19.6. The van der Waals surface area contributed by atoms with Crippen LogP contribution in [0.15, 0.2) is 66.1 Å². The summed E-state index contributed by atoms with van der Waals surface area (Å²) >= 11 is -1.21. The van der Waals surface area contributed by atoms with Crippen molar-refractivity contribution in [1.29, 1.82) is 0 Å². The zero-order valence-corrected chi connectivity index (χ0v) is 16.4. The number of imidazole rings is 1. The number of nitrogens with zero attached hydrogens (tertiary/aromatic N) is 3. The molecule has 1 aromatic carbocycles. The number of pyridine rings is 1. The van der Waals surface area contributed by atoms with E-state index in [0.717, 1.165) is 52.7 Å². The smallest absolute Gasteiger partial charge is 0.174 e. The average molecular weight is 408 g/mol. The summed E-state index contributed by atoms with van der Waals surface area (Å²) in [4.78, 5) is 5.26. The van der Waals surface area contributed by atoms with Gasteiger partial charge in [0.05, 0.1) is 35.0 Å². The summed E-state index contributed by atoms with van der Waals surface area (Å²) in [6.45, 7) is 1.83. The average Bonchev–Trinajstić information content (AvgIpc) is 3.51. The number of rotatable bonds is 6. The maximum absolute atomic E-state index is 12.5. The molecule has 3 aromatic heterocycles. The van der Waals surface area contributed by atoms with Gasteiger partial charge in [0.1, 0.15) is 0 Å². The normalized spacial score (nSPS) is 17.6. The molecule has 4 N–H and O–H groups in total. The largest absolute Gasteiger partial charge is 0.593 e. The SMILES string of the molecule is [O-][S+](NC1CCNC1)c1ccc(Nc2ccc(-c3cn[nH]c3)n3ccnc23)cc1. The minimum Gasteiger partial charge on any atom is -0.593 e. The molecule has 1 aliphatic rings. The maximum Gasteiger partial charge on any atom is 0.174 e. The molecular weight excluding hydrogens is 386 g/mol. The molecular formula is C20H21N7OS. The van der Waals surface area contributed by atoms with Crippen molar-refractivity contribution in [2.45, 2.75) is 17.4 Å². The highest BCUT2D eigenvalue weighted by Gasteiger charge is 2.21. The topological polar surface area (TPSA) is 105 Å². The minimum absolute atomic E-state index is 0.260. The molecule has 5 rings (SSSR count). The van der Waals surface area contributed by atoms with E-state index < -0.39 is 11.4 Å². The van der Waals surface area contributed by atoms with Crippen molar-refractivity contribution in [1.82, 2.24) is 29.6 Å². The van der Waals surface area contributed by atoms with Crippen LogP contribution in [-0.4, -0.2) is 43.3 Å². The molecule has 8 nitrogen and oxygen atoms in total. The Morgan fingerprint density at radius 3 is 2.83 bits per heavy atom. The Kier molecular flexibility index (Phi) is 4.94. The van der Waals surface area contributed by atoms with E-state index in [1.807, 2.05) is 53.2 Å². The van der Waals surface area contributed by atoms with Gasteiger partial charge in [-0.15, -0.1) is 4.72 Å². The number of benzene rings is 1. The van der Waals surface area contributed by atoms with Gasteiger partial charge in [-0.1, -0.05) is 0 Å². The van der Waals surface area contributed by atoms with Crippen molar-refractivity contribution in [2.24, 2.45) is 0 Å². The van der Waals surface area contributed by atoms with Crippen molar-refractivity contribution in [2.75, 3.05) is 18.4 Å². The van der Waals surface area contributed by atoms with Gasteiger partial charge in [0.15, 0.2) is 10.5 Å². The van der Waals surface area contributed by atoms with Crippen molar-refractivity contribution >= 4 is 28.4 Å². The van der Waals surface area contributed by atoms with Gasteiger partial charge < -0.3 is 15.2 Å². The van der Waals surface area contributed by atoms with E-state index >= 15 is 0 Å². The third-order valence-corrected chi connectivity index (χ3v) is 6.27. The van der Waals surface area contributed by atoms with Gasteiger partial charge in [-0.05, 0) is 49.4 Å². The lowest BCUT2D eigenvalue weighted by atomic mass is 10.2. The lowest BCUT2D eigenvalue weighted by Gasteiger charge is -2.15. The summed E-state index contributed by atoms with van der Waals surface area (Å²) < 4.78 is 17.7. The molecule has 1 aliphatic heterocycles. The second-order valence-corrected chi connectivity index (χ2v) is 8.21. The third-order valence-electron chi connectivity index (χ3n) is 5.02. The van der Waals surface area contributed by atoms with E-state index in [0.29, 0.717) is 0 Å². The molecule has 4 heterocycles. The maximum atomic E-state index is 12.5. The summed E-state index contributed by atoms with van der Waals surface area (Å²) in [5, 5.41) is 13.5. The van der Waals surface area contributed by atoms with Crippen molar-refractivity contribution in [3.63, 3.8) is 0 Å². The van der Waals surface area contributed by atoms with Crippen LogP contribution in [-0.2, 0) is 11.4 Å². The molecule has 1 fully saturated rings. The molecule has 0 bridgehead atoms. The lowest BCUT2D eigenvalue weighted by Crippen LogP contribution is -2.36. The van der Waals surface area contributed by atoms with Gasteiger partial charge in [-0.2, -0.15) is 5.10 Å². The Balaban J connectivity index is 1.34. The number of H-pyrrole nitrogens is 1. The van der Waals surface area contributed by atoms with Gasteiger partial charge in [0.2, 0.25) is 0 Å². The number of hydrogen-bond acceptors (Lipinski definition) is 6. The van der Waals surface area contributed by atoms with Crippen molar-refractivity contribution in [3.8, 4) is 11.3 Å². The Hall–Kier alpha value is -2.85. The summed E-state index contributed by atoms with van der Waals surface area (Å²) in [7, 11) is 0. The molecule has 4 aromatic rings. The van der Waals surface area contributed by atoms with E-state index in [9.17, 15) is 4.55 Å². The highest BCUT2D eigenvalue weighted by atomic mass is 32.2. The first-order valence-corrected chi connectivity index (χ1v) is 10.6. The molecule has 0 saturated carbocycles. The first-order chi connectivity index (χ1) is 14.3. The summed E-state index contributed by atoms with van der Waals surface area (Å²) in [6, 6.07) is 11.9. The molecule has 9 heteroatoms. The fraction of sp³-hybridized carbons (Fsp3) is 0.200. The number of aromatic amines is 1. The standard InChI is InChI=1S/C20H21N7OS/c28-29(26-16-7-8-21-13-16)17-3-1-15(2-4-17)25-18-5-6-19(14-11-23-24-12-14)27-10-9-22-20(18)27/h1-6,9-12,16,21,25-26H,7-8,13H2,(H,23,24). The Bertz CT molecular complexity index is 1090. The Labute approximate surface area is 171 Å². The quantitative estimate of drug-likeness (QED) is 0.366. The second-order valence-electron chi connectivity index (χ2n) is 6.97. The third kappa shape index (κ3) is 3.73. The van der Waals surface area contributed by atoms with E-state index in [1.165, 1.54) is 0 Å². The molecule has 0 radical (unpaired) electrons. The molecule has 0 aliphatic carbocycles. The van der Waals surface area contributed by atoms with Gasteiger partial charge in [0.25, 0.3) is 0 Å². The van der Waals surface area contributed by atoms with Gasteiger partial charge in [-0.3, -0.25) is 9.50 Å². The molecule has 29 heavy (non-hydrogen) atoms. The van der Waals surface area contributed by atoms with Crippen LogP contribution in [0.4, 0.5) is 11.4 Å². The number of nitrogens with one attached hydrogen (secondary N) is 4. The number of hydrogen-bond donors (Lipinski definition) is 4. The van der Waals surface area contributed by atoms with Crippen LogP contribution < -0.4 is 15.4 Å². The lowest BCUT2D eigenvalue weighted by molar-refractivity contribution is 0.559. The van der Waals surface area contributed by atoms with E-state index in [-0.39, 0.29) is 6.04 Å². The van der Waals surface area contributed by atoms with Crippen LogP contribution in [0.5, 0.6) is 0 Å². The molecule has 1 saturated heterocycles. The van der Waals surface area contributed by atoms with Crippen LogP contribution >= 0.6 is 0 Å². The number of fused-ring (bicyclic) bond motifs is 1. The van der Waals surface area contributed by atoms with Gasteiger partial charge in [-0.25, -0.2) is 4.98 Å². The predicted molar refractivity (Wildman–Crippen MR) is 113 cm³/mol. The monoisotopic (exact) mass is 407 g/mol. The van der Waals surface area contributed by atoms with Crippen LogP contribution in [0.2, 0.25) is 0 Å². The minimum atomic E-state index is -1.21. The highest BCUT2D eigenvalue weighted by molar-refractivity contribution is 7.89. The molecule has 0 amide bonds. The van der Waals surface area contributed by atoms with Crippen molar-refractivity contribution in [3.05, 3.63) is 61.2 Å². The number of aromatic nitrogens is 4. The molecule has 148 valence electrons. The van der Waals surface area contributed by atoms with Gasteiger partial charge >= 0.3 is 0 Å². The van der Waals surface area contributed by atoms with Crippen LogP contribution in [0.25, 0.3) is 16.9 Å². The van der Waals surface area contributed by atoms with Crippen LogP contribution in [0, 0.1) is 0 Å². The summed E-state index contributed by atoms with van der Waals surface area (Å²) in [6.07, 6.45) is 8.35. The molecule has 2 unspecified atom stereocenters. The fourth-order valence-corrected chi connectivity index (χ4v) is 4.55. The Morgan fingerprint density at radius 1 is 1.17 bits per heavy atom. The second kappa shape index (κ2) is 7.88. The summed E-state index contributed by atoms with van der Waals surface area (Å²) in [5.41, 5.74) is 4.64. The first kappa shape index (κ1) is 18.2. The molecule has 0 spiro atoms. The molecule has 2 atom stereocenters. The van der Waals surface area contributed by atoms with Gasteiger partial charge in [0, 0.05) is 36.4 Å².